The molecule has 20 heavy (non-hydrogen) atoms. The predicted octanol–water partition coefficient (Wildman–Crippen LogP) is 2.94. The first-order chi connectivity index (χ1) is 9.63. The smallest absolute Gasteiger partial charge is 0.0666 e. The van der Waals surface area contributed by atoms with Crippen molar-refractivity contribution >= 4 is 0 Å². The van der Waals surface area contributed by atoms with E-state index in [4.69, 9.17) is 4.74 Å². The van der Waals surface area contributed by atoms with E-state index in [0.717, 1.165) is 37.2 Å². The first-order valence-corrected chi connectivity index (χ1v) is 8.79. The normalized spacial score (nSPS) is 45.0. The second-order valence-corrected chi connectivity index (χ2v) is 7.39. The van der Waals surface area contributed by atoms with Crippen molar-refractivity contribution in [3.63, 3.8) is 0 Å². The van der Waals surface area contributed by atoms with Gasteiger partial charge in [-0.15, -0.1) is 0 Å². The van der Waals surface area contributed by atoms with Crippen LogP contribution in [0.4, 0.5) is 0 Å². The van der Waals surface area contributed by atoms with E-state index in [-0.39, 0.29) is 5.60 Å². The number of nitrogens with zero attached hydrogens (tertiary/aromatic N) is 1. The third kappa shape index (κ3) is 2.90. The summed E-state index contributed by atoms with van der Waals surface area (Å²) in [4.78, 5) is 2.82. The van der Waals surface area contributed by atoms with Gasteiger partial charge in [-0.05, 0) is 58.4 Å². The van der Waals surface area contributed by atoms with Crippen molar-refractivity contribution in [2.75, 3.05) is 13.2 Å². The lowest BCUT2D eigenvalue weighted by Crippen LogP contribution is -2.55. The highest BCUT2D eigenvalue weighted by atomic mass is 16.5. The van der Waals surface area contributed by atoms with Crippen molar-refractivity contribution in [2.24, 2.45) is 0 Å². The van der Waals surface area contributed by atoms with Crippen molar-refractivity contribution in [1.82, 2.24) is 10.2 Å². The molecule has 3 fully saturated rings. The number of hydrogen-bond acceptors (Lipinski definition) is 3. The van der Waals surface area contributed by atoms with E-state index in [1.165, 1.54) is 45.1 Å². The number of fused-ring (bicyclic) bond motifs is 2. The summed E-state index contributed by atoms with van der Waals surface area (Å²) in [5, 5.41) is 3.78. The van der Waals surface area contributed by atoms with Crippen LogP contribution in [0.5, 0.6) is 0 Å². The van der Waals surface area contributed by atoms with Gasteiger partial charge in [-0.25, -0.2) is 0 Å². The van der Waals surface area contributed by atoms with E-state index in [0.29, 0.717) is 0 Å². The van der Waals surface area contributed by atoms with Gasteiger partial charge in [-0.3, -0.25) is 4.90 Å². The Morgan fingerprint density at radius 1 is 1.10 bits per heavy atom. The summed E-state index contributed by atoms with van der Waals surface area (Å²) in [6, 6.07) is 3.14. The lowest BCUT2D eigenvalue weighted by Gasteiger charge is -2.47. The molecule has 0 saturated carbocycles. The van der Waals surface area contributed by atoms with Crippen LogP contribution in [0.3, 0.4) is 0 Å². The highest BCUT2D eigenvalue weighted by molar-refractivity contribution is 4.98. The monoisotopic (exact) mass is 280 g/mol. The highest BCUT2D eigenvalue weighted by Gasteiger charge is 2.40. The standard InChI is InChI=1S/C17H32N2O/c1-4-17(3)12-15(8-9-20-17)19(5-2)16-10-13-6-7-14(11-16)18-13/h13-16,18H,4-12H2,1-3H3. The Balaban J connectivity index is 1.66. The molecule has 3 heterocycles. The summed E-state index contributed by atoms with van der Waals surface area (Å²) < 4.78 is 6.04. The van der Waals surface area contributed by atoms with Crippen LogP contribution in [0, 0.1) is 0 Å². The second kappa shape index (κ2) is 5.94. The van der Waals surface area contributed by atoms with E-state index < -0.39 is 0 Å². The molecule has 2 bridgehead atoms. The molecule has 0 radical (unpaired) electrons. The summed E-state index contributed by atoms with van der Waals surface area (Å²) in [5.41, 5.74) is 0.113. The number of piperidine rings is 1. The topological polar surface area (TPSA) is 24.5 Å². The van der Waals surface area contributed by atoms with Gasteiger partial charge in [0.2, 0.25) is 0 Å². The highest BCUT2D eigenvalue weighted by Crippen LogP contribution is 2.35. The fourth-order valence-corrected chi connectivity index (χ4v) is 4.74. The molecule has 3 saturated heterocycles. The zero-order valence-electron chi connectivity index (χ0n) is 13.5. The summed E-state index contributed by atoms with van der Waals surface area (Å²) in [6.45, 7) is 9.07. The largest absolute Gasteiger partial charge is 0.375 e. The van der Waals surface area contributed by atoms with Gasteiger partial charge < -0.3 is 10.1 Å². The number of hydrogen-bond donors (Lipinski definition) is 1. The summed E-state index contributed by atoms with van der Waals surface area (Å²) in [6.07, 6.45) is 9.12. The van der Waals surface area contributed by atoms with Crippen LogP contribution in [-0.2, 0) is 4.74 Å². The molecule has 116 valence electrons. The lowest BCUT2D eigenvalue weighted by molar-refractivity contribution is -0.103. The number of ether oxygens (including phenoxy) is 1. The van der Waals surface area contributed by atoms with Crippen LogP contribution in [0.25, 0.3) is 0 Å². The molecule has 4 unspecified atom stereocenters. The molecule has 3 aliphatic heterocycles. The van der Waals surface area contributed by atoms with Crippen LogP contribution >= 0.6 is 0 Å². The van der Waals surface area contributed by atoms with E-state index in [2.05, 4.69) is 31.0 Å². The van der Waals surface area contributed by atoms with Crippen molar-refractivity contribution in [3.05, 3.63) is 0 Å². The average Bonchev–Trinajstić information content (AvgIpc) is 2.79. The van der Waals surface area contributed by atoms with Crippen LogP contribution in [0.15, 0.2) is 0 Å². The molecule has 3 heteroatoms. The first kappa shape index (κ1) is 14.8. The summed E-state index contributed by atoms with van der Waals surface area (Å²) in [5.74, 6) is 0. The van der Waals surface area contributed by atoms with Gasteiger partial charge in [0.25, 0.3) is 0 Å². The van der Waals surface area contributed by atoms with E-state index >= 15 is 0 Å². The Labute approximate surface area is 124 Å². The van der Waals surface area contributed by atoms with Crippen LogP contribution in [-0.4, -0.2) is 47.8 Å². The summed E-state index contributed by atoms with van der Waals surface area (Å²) in [7, 11) is 0. The Morgan fingerprint density at radius 3 is 2.40 bits per heavy atom. The maximum atomic E-state index is 6.04. The van der Waals surface area contributed by atoms with Crippen molar-refractivity contribution in [3.8, 4) is 0 Å². The minimum atomic E-state index is 0.113. The zero-order chi connectivity index (χ0) is 14.2. The molecule has 3 aliphatic rings. The fourth-order valence-electron chi connectivity index (χ4n) is 4.74. The quantitative estimate of drug-likeness (QED) is 0.857. The third-order valence-corrected chi connectivity index (χ3v) is 6.07. The van der Waals surface area contributed by atoms with Gasteiger partial charge in [-0.1, -0.05) is 13.8 Å². The van der Waals surface area contributed by atoms with Gasteiger partial charge in [0, 0.05) is 30.8 Å². The zero-order valence-corrected chi connectivity index (χ0v) is 13.5. The molecule has 0 amide bonds. The van der Waals surface area contributed by atoms with Crippen molar-refractivity contribution in [2.45, 2.75) is 95.5 Å². The van der Waals surface area contributed by atoms with Gasteiger partial charge in [-0.2, -0.15) is 0 Å². The fraction of sp³-hybridized carbons (Fsp3) is 1.00. The molecule has 0 spiro atoms. The minimum Gasteiger partial charge on any atom is -0.375 e. The van der Waals surface area contributed by atoms with Gasteiger partial charge >= 0.3 is 0 Å². The maximum Gasteiger partial charge on any atom is 0.0666 e. The van der Waals surface area contributed by atoms with Crippen LogP contribution < -0.4 is 5.32 Å². The Bertz CT molecular complexity index is 323. The molecule has 4 atom stereocenters. The van der Waals surface area contributed by atoms with Crippen molar-refractivity contribution < 1.29 is 4.74 Å². The summed E-state index contributed by atoms with van der Waals surface area (Å²) >= 11 is 0. The average molecular weight is 280 g/mol. The maximum absolute atomic E-state index is 6.04. The van der Waals surface area contributed by atoms with Crippen LogP contribution in [0.1, 0.15) is 65.7 Å². The SMILES string of the molecule is CCN(C1CC2CCC(C1)N2)C1CCOC(C)(CC)C1. The predicted molar refractivity (Wildman–Crippen MR) is 83.0 cm³/mol. The van der Waals surface area contributed by atoms with Crippen molar-refractivity contribution in [1.29, 1.82) is 0 Å². The lowest BCUT2D eigenvalue weighted by atomic mass is 9.87. The van der Waals surface area contributed by atoms with Gasteiger partial charge in [0.05, 0.1) is 5.60 Å². The molecular formula is C17H32N2O. The Hall–Kier alpha value is -0.120. The van der Waals surface area contributed by atoms with E-state index in [9.17, 15) is 0 Å². The molecule has 1 N–H and O–H groups in total. The minimum absolute atomic E-state index is 0.113. The first-order valence-electron chi connectivity index (χ1n) is 8.79. The molecule has 0 aromatic rings. The third-order valence-electron chi connectivity index (χ3n) is 6.07. The second-order valence-electron chi connectivity index (χ2n) is 7.39. The molecule has 0 aromatic heterocycles. The van der Waals surface area contributed by atoms with Gasteiger partial charge in [0.15, 0.2) is 0 Å². The van der Waals surface area contributed by atoms with E-state index in [1.54, 1.807) is 0 Å². The Kier molecular flexibility index (Phi) is 4.40. The molecule has 3 rings (SSSR count). The number of nitrogens with one attached hydrogen (secondary N) is 1. The molecular weight excluding hydrogens is 248 g/mol. The molecule has 0 aromatic carbocycles. The van der Waals surface area contributed by atoms with Gasteiger partial charge in [0.1, 0.15) is 0 Å². The molecule has 3 nitrogen and oxygen atoms in total. The van der Waals surface area contributed by atoms with Crippen LogP contribution in [0.2, 0.25) is 0 Å². The number of rotatable bonds is 4. The van der Waals surface area contributed by atoms with E-state index in [1.807, 2.05) is 0 Å². The Morgan fingerprint density at radius 2 is 1.80 bits per heavy atom. The molecule has 0 aliphatic carbocycles.